The minimum atomic E-state index is 0.546. The highest BCUT2D eigenvalue weighted by Gasteiger charge is 2.12. The predicted octanol–water partition coefficient (Wildman–Crippen LogP) is 3.66. The SMILES string of the molecule is CCCC(CCCNCc1ccccc1)c1n[c]c[nH]1. The van der Waals surface area contributed by atoms with Crippen LogP contribution in [0, 0.1) is 6.20 Å². The van der Waals surface area contributed by atoms with Gasteiger partial charge in [0.2, 0.25) is 0 Å². The Bertz CT molecular complexity index is 450. The number of hydrogen-bond acceptors (Lipinski definition) is 2. The van der Waals surface area contributed by atoms with Crippen LogP contribution in [0.3, 0.4) is 0 Å². The van der Waals surface area contributed by atoms with Crippen molar-refractivity contribution in [1.29, 1.82) is 0 Å². The molecule has 2 N–H and O–H groups in total. The number of benzene rings is 1. The lowest BCUT2D eigenvalue weighted by atomic mass is 9.97. The quantitative estimate of drug-likeness (QED) is 0.683. The first-order valence-corrected chi connectivity index (χ1v) is 7.56. The summed E-state index contributed by atoms with van der Waals surface area (Å²) in [6.07, 6.45) is 9.42. The van der Waals surface area contributed by atoms with Crippen LogP contribution in [0.15, 0.2) is 36.5 Å². The van der Waals surface area contributed by atoms with E-state index in [0.29, 0.717) is 5.92 Å². The topological polar surface area (TPSA) is 40.7 Å². The summed E-state index contributed by atoms with van der Waals surface area (Å²) in [7, 11) is 0. The van der Waals surface area contributed by atoms with Crippen molar-refractivity contribution in [1.82, 2.24) is 15.3 Å². The highest BCUT2D eigenvalue weighted by molar-refractivity contribution is 5.14. The van der Waals surface area contributed by atoms with Gasteiger partial charge in [0.25, 0.3) is 0 Å². The largest absolute Gasteiger partial charge is 0.348 e. The normalized spacial score (nSPS) is 12.4. The zero-order valence-corrected chi connectivity index (χ0v) is 12.2. The zero-order valence-electron chi connectivity index (χ0n) is 12.2. The Kier molecular flexibility index (Phi) is 6.32. The lowest BCUT2D eigenvalue weighted by Crippen LogP contribution is -2.15. The third-order valence-electron chi connectivity index (χ3n) is 3.57. The van der Waals surface area contributed by atoms with Gasteiger partial charge in [-0.15, -0.1) is 0 Å². The summed E-state index contributed by atoms with van der Waals surface area (Å²) in [6.45, 7) is 4.24. The molecule has 0 aliphatic carbocycles. The Morgan fingerprint density at radius 3 is 2.80 bits per heavy atom. The molecule has 2 rings (SSSR count). The van der Waals surface area contributed by atoms with Gasteiger partial charge in [-0.05, 0) is 31.4 Å². The number of hydrogen-bond donors (Lipinski definition) is 2. The molecule has 3 heteroatoms. The van der Waals surface area contributed by atoms with Gasteiger partial charge in [0.1, 0.15) is 12.0 Å². The third-order valence-corrected chi connectivity index (χ3v) is 3.57. The van der Waals surface area contributed by atoms with Gasteiger partial charge in [0.05, 0.1) is 0 Å². The average molecular weight is 270 g/mol. The van der Waals surface area contributed by atoms with E-state index >= 15 is 0 Å². The van der Waals surface area contributed by atoms with Crippen LogP contribution in [0.25, 0.3) is 0 Å². The van der Waals surface area contributed by atoms with Crippen LogP contribution >= 0.6 is 0 Å². The van der Waals surface area contributed by atoms with Crippen LogP contribution < -0.4 is 5.32 Å². The molecule has 0 saturated heterocycles. The van der Waals surface area contributed by atoms with Crippen LogP contribution in [0.1, 0.15) is 49.9 Å². The molecule has 107 valence electrons. The van der Waals surface area contributed by atoms with Crippen molar-refractivity contribution >= 4 is 0 Å². The van der Waals surface area contributed by atoms with E-state index in [2.05, 4.69) is 58.7 Å². The molecule has 0 amide bonds. The summed E-state index contributed by atoms with van der Waals surface area (Å²) >= 11 is 0. The van der Waals surface area contributed by atoms with Gasteiger partial charge in [0.15, 0.2) is 0 Å². The number of rotatable bonds is 9. The number of aromatic amines is 1. The van der Waals surface area contributed by atoms with Gasteiger partial charge < -0.3 is 10.3 Å². The molecule has 0 saturated carbocycles. The molecular formula is C17H24N3. The second-order valence-corrected chi connectivity index (χ2v) is 5.21. The predicted molar refractivity (Wildman–Crippen MR) is 82.5 cm³/mol. The van der Waals surface area contributed by atoms with Crippen molar-refractivity contribution in [3.05, 3.63) is 54.1 Å². The van der Waals surface area contributed by atoms with Gasteiger partial charge in [-0.2, -0.15) is 0 Å². The van der Waals surface area contributed by atoms with Gasteiger partial charge in [-0.3, -0.25) is 0 Å². The molecule has 2 aromatic rings. The second kappa shape index (κ2) is 8.54. The Morgan fingerprint density at radius 1 is 1.25 bits per heavy atom. The standard InChI is InChI=1S/C17H24N3/c1-2-7-16(17-19-12-13-20-17)10-6-11-18-14-15-8-4-3-5-9-15/h3-5,8-9,12,16,18H,2,6-7,10-11,14H2,1H3,(H,19,20). The average Bonchev–Trinajstić information content (AvgIpc) is 3.01. The Labute approximate surface area is 121 Å². The molecule has 1 atom stereocenters. The van der Waals surface area contributed by atoms with Crippen molar-refractivity contribution < 1.29 is 0 Å². The van der Waals surface area contributed by atoms with E-state index in [0.717, 1.165) is 18.9 Å². The van der Waals surface area contributed by atoms with E-state index < -0.39 is 0 Å². The first-order chi connectivity index (χ1) is 9.90. The highest BCUT2D eigenvalue weighted by atomic mass is 14.9. The molecule has 20 heavy (non-hydrogen) atoms. The molecule has 0 aliphatic rings. The Hall–Kier alpha value is -1.61. The minimum absolute atomic E-state index is 0.546. The maximum Gasteiger partial charge on any atom is 0.109 e. The highest BCUT2D eigenvalue weighted by Crippen LogP contribution is 2.22. The fraction of sp³-hybridized carbons (Fsp3) is 0.471. The van der Waals surface area contributed by atoms with Crippen molar-refractivity contribution in [2.45, 2.75) is 45.1 Å². The van der Waals surface area contributed by atoms with Crippen LogP contribution in [0.4, 0.5) is 0 Å². The van der Waals surface area contributed by atoms with Crippen molar-refractivity contribution in [3.8, 4) is 0 Å². The lowest BCUT2D eigenvalue weighted by Gasteiger charge is -2.13. The molecule has 0 aliphatic heterocycles. The molecule has 3 nitrogen and oxygen atoms in total. The van der Waals surface area contributed by atoms with E-state index in [-0.39, 0.29) is 0 Å². The van der Waals surface area contributed by atoms with Crippen LogP contribution in [-0.4, -0.2) is 16.5 Å². The van der Waals surface area contributed by atoms with Crippen molar-refractivity contribution in [2.24, 2.45) is 0 Å². The third kappa shape index (κ3) is 4.82. The van der Waals surface area contributed by atoms with Crippen molar-refractivity contribution in [2.75, 3.05) is 6.54 Å². The monoisotopic (exact) mass is 270 g/mol. The van der Waals surface area contributed by atoms with Crippen molar-refractivity contribution in [3.63, 3.8) is 0 Å². The molecule has 1 heterocycles. The summed E-state index contributed by atoms with van der Waals surface area (Å²) in [4.78, 5) is 7.48. The molecule has 0 spiro atoms. The van der Waals surface area contributed by atoms with Crippen LogP contribution in [0.2, 0.25) is 0 Å². The minimum Gasteiger partial charge on any atom is -0.348 e. The van der Waals surface area contributed by atoms with E-state index in [9.17, 15) is 0 Å². The maximum atomic E-state index is 4.28. The smallest absolute Gasteiger partial charge is 0.109 e. The van der Waals surface area contributed by atoms with E-state index in [1.807, 2.05) is 0 Å². The van der Waals surface area contributed by atoms with E-state index in [1.165, 1.54) is 31.2 Å². The Balaban J connectivity index is 1.66. The fourth-order valence-corrected chi connectivity index (χ4v) is 2.52. The van der Waals surface area contributed by atoms with Gasteiger partial charge in [-0.25, -0.2) is 4.98 Å². The molecule has 1 unspecified atom stereocenters. The summed E-state index contributed by atoms with van der Waals surface area (Å²) in [5.74, 6) is 1.64. The van der Waals surface area contributed by atoms with Crippen LogP contribution in [-0.2, 0) is 6.54 Å². The number of aromatic nitrogens is 2. The number of imidazole rings is 1. The van der Waals surface area contributed by atoms with Gasteiger partial charge >= 0.3 is 0 Å². The molecule has 1 radical (unpaired) electrons. The number of nitrogens with zero attached hydrogens (tertiary/aromatic N) is 1. The van der Waals surface area contributed by atoms with E-state index in [4.69, 9.17) is 0 Å². The first-order valence-electron chi connectivity index (χ1n) is 7.56. The van der Waals surface area contributed by atoms with E-state index in [1.54, 1.807) is 6.20 Å². The number of nitrogens with one attached hydrogen (secondary N) is 2. The summed E-state index contributed by atoms with van der Waals surface area (Å²) in [5, 5.41) is 3.51. The fourth-order valence-electron chi connectivity index (χ4n) is 2.52. The summed E-state index contributed by atoms with van der Waals surface area (Å²) in [5.41, 5.74) is 1.35. The lowest BCUT2D eigenvalue weighted by molar-refractivity contribution is 0.507. The second-order valence-electron chi connectivity index (χ2n) is 5.21. The molecule has 1 aromatic carbocycles. The van der Waals surface area contributed by atoms with Gasteiger partial charge in [0, 0.05) is 18.7 Å². The summed E-state index contributed by atoms with van der Waals surface area (Å²) in [6, 6.07) is 10.5. The Morgan fingerprint density at radius 2 is 2.10 bits per heavy atom. The molecule has 0 bridgehead atoms. The van der Waals surface area contributed by atoms with Crippen LogP contribution in [0.5, 0.6) is 0 Å². The zero-order chi connectivity index (χ0) is 14.0. The molecule has 1 aromatic heterocycles. The maximum absolute atomic E-state index is 4.28. The molecular weight excluding hydrogens is 246 g/mol. The van der Waals surface area contributed by atoms with Gasteiger partial charge in [-0.1, -0.05) is 43.7 Å². The first kappa shape index (κ1) is 14.8. The molecule has 0 fully saturated rings. The summed E-state index contributed by atoms with van der Waals surface area (Å²) < 4.78 is 0. The number of H-pyrrole nitrogens is 1.